The van der Waals surface area contributed by atoms with E-state index in [2.05, 4.69) is 10.1 Å². The normalized spacial score (nSPS) is 24.6. The third-order valence-corrected chi connectivity index (χ3v) is 2.40. The van der Waals surface area contributed by atoms with Gasteiger partial charge in [-0.1, -0.05) is 0 Å². The Balaban J connectivity index is 2.06. The first-order valence-electron chi connectivity index (χ1n) is 4.97. The maximum absolute atomic E-state index is 10.7. The summed E-state index contributed by atoms with van der Waals surface area (Å²) >= 11 is 0. The highest BCUT2D eigenvalue weighted by atomic mass is 16.6. The second kappa shape index (κ2) is 4.09. The van der Waals surface area contributed by atoms with Gasteiger partial charge in [-0.15, -0.1) is 0 Å². The van der Waals surface area contributed by atoms with Gasteiger partial charge in [0.05, 0.1) is 0 Å². The summed E-state index contributed by atoms with van der Waals surface area (Å²) in [7, 11) is 3.59. The summed E-state index contributed by atoms with van der Waals surface area (Å²) < 4.78 is 10.3. The summed E-state index contributed by atoms with van der Waals surface area (Å²) in [5, 5.41) is 12.5. The fourth-order valence-corrected chi connectivity index (χ4v) is 1.54. The number of hydrogen-bond acceptors (Lipinski definition) is 6. The van der Waals surface area contributed by atoms with Crippen LogP contribution in [0.15, 0.2) is 4.52 Å². The molecule has 1 aliphatic heterocycles. The van der Waals surface area contributed by atoms with Crippen LogP contribution >= 0.6 is 0 Å². The average molecular weight is 227 g/mol. The number of hydrogen-bond donors (Lipinski definition) is 1. The highest BCUT2D eigenvalue weighted by Crippen LogP contribution is 2.32. The van der Waals surface area contributed by atoms with Gasteiger partial charge in [0, 0.05) is 14.1 Å². The molecular weight excluding hydrogens is 214 g/mol. The molecule has 2 rings (SSSR count). The minimum Gasteiger partial charge on any atom is -0.479 e. The second-order valence-corrected chi connectivity index (χ2v) is 3.86. The number of nitrogens with zero attached hydrogens (tertiary/aromatic N) is 3. The molecule has 1 aromatic rings. The van der Waals surface area contributed by atoms with Crippen LogP contribution in [0.1, 0.15) is 24.8 Å². The number of ether oxygens (including phenoxy) is 1. The lowest BCUT2D eigenvalue weighted by Gasteiger charge is -2.06. The molecule has 1 fully saturated rings. The number of carboxylic acids is 1. The predicted octanol–water partition coefficient (Wildman–Crippen LogP) is 0.440. The number of aromatic nitrogens is 2. The van der Waals surface area contributed by atoms with Crippen molar-refractivity contribution in [1.29, 1.82) is 0 Å². The Morgan fingerprint density at radius 1 is 1.50 bits per heavy atom. The van der Waals surface area contributed by atoms with E-state index in [-0.39, 0.29) is 0 Å². The standard InChI is InChI=1S/C9H13N3O4/c1-12(2)9-10-7(16-11-9)5-3-4-6(15-5)8(13)14/h5-6H,3-4H2,1-2H3,(H,13,14). The molecule has 0 saturated carbocycles. The SMILES string of the molecule is CN(C)c1noc(C2CCC(C(=O)O)O2)n1. The highest BCUT2D eigenvalue weighted by Gasteiger charge is 2.34. The molecule has 0 spiro atoms. The molecule has 1 saturated heterocycles. The molecule has 1 aromatic heterocycles. The summed E-state index contributed by atoms with van der Waals surface area (Å²) in [5.74, 6) is -0.153. The lowest BCUT2D eigenvalue weighted by atomic mass is 10.2. The van der Waals surface area contributed by atoms with Crippen LogP contribution in [0.5, 0.6) is 0 Å². The smallest absolute Gasteiger partial charge is 0.332 e. The molecule has 2 unspecified atom stereocenters. The van der Waals surface area contributed by atoms with E-state index in [4.69, 9.17) is 14.4 Å². The average Bonchev–Trinajstić information content (AvgIpc) is 2.86. The lowest BCUT2D eigenvalue weighted by Crippen LogP contribution is -2.18. The Bertz CT molecular complexity index is 390. The van der Waals surface area contributed by atoms with Crippen LogP contribution in [0.3, 0.4) is 0 Å². The van der Waals surface area contributed by atoms with Gasteiger partial charge in [-0.2, -0.15) is 4.98 Å². The van der Waals surface area contributed by atoms with Gasteiger partial charge in [-0.25, -0.2) is 4.79 Å². The zero-order chi connectivity index (χ0) is 11.7. The molecule has 7 nitrogen and oxygen atoms in total. The lowest BCUT2D eigenvalue weighted by molar-refractivity contribution is -0.150. The van der Waals surface area contributed by atoms with Crippen LogP contribution in [-0.4, -0.2) is 41.4 Å². The van der Waals surface area contributed by atoms with Gasteiger partial charge in [-0.05, 0) is 18.0 Å². The third kappa shape index (κ3) is 1.99. The summed E-state index contributed by atoms with van der Waals surface area (Å²) in [5.41, 5.74) is 0. The molecule has 2 atom stereocenters. The van der Waals surface area contributed by atoms with Gasteiger partial charge in [-0.3, -0.25) is 0 Å². The van der Waals surface area contributed by atoms with E-state index < -0.39 is 18.2 Å². The maximum atomic E-state index is 10.7. The zero-order valence-electron chi connectivity index (χ0n) is 9.08. The Kier molecular flexibility index (Phi) is 2.78. The van der Waals surface area contributed by atoms with Gasteiger partial charge in [0.25, 0.3) is 11.8 Å². The van der Waals surface area contributed by atoms with Gasteiger partial charge in [0.15, 0.2) is 6.10 Å². The van der Waals surface area contributed by atoms with Crippen molar-refractivity contribution in [1.82, 2.24) is 10.1 Å². The van der Waals surface area contributed by atoms with E-state index in [0.717, 1.165) is 0 Å². The Hall–Kier alpha value is -1.63. The first-order valence-corrected chi connectivity index (χ1v) is 4.97. The van der Waals surface area contributed by atoms with E-state index in [0.29, 0.717) is 24.7 Å². The molecule has 0 radical (unpaired) electrons. The number of rotatable bonds is 3. The largest absolute Gasteiger partial charge is 0.479 e. The second-order valence-electron chi connectivity index (χ2n) is 3.86. The summed E-state index contributed by atoms with van der Waals surface area (Å²) in [6, 6.07) is 0. The van der Waals surface area contributed by atoms with E-state index in [1.54, 1.807) is 19.0 Å². The fourth-order valence-electron chi connectivity index (χ4n) is 1.54. The highest BCUT2D eigenvalue weighted by molar-refractivity contribution is 5.72. The molecule has 7 heteroatoms. The van der Waals surface area contributed by atoms with Crippen molar-refractivity contribution in [3.05, 3.63) is 5.89 Å². The van der Waals surface area contributed by atoms with E-state index in [1.165, 1.54) is 0 Å². The summed E-state index contributed by atoms with van der Waals surface area (Å²) in [6.45, 7) is 0. The molecule has 88 valence electrons. The van der Waals surface area contributed by atoms with Gasteiger partial charge >= 0.3 is 5.97 Å². The predicted molar refractivity (Wildman–Crippen MR) is 53.1 cm³/mol. The molecular formula is C9H13N3O4. The third-order valence-electron chi connectivity index (χ3n) is 2.40. The number of carboxylic acid groups (broad SMARTS) is 1. The molecule has 1 aliphatic rings. The van der Waals surface area contributed by atoms with Crippen LogP contribution in [0.25, 0.3) is 0 Å². The first-order chi connectivity index (χ1) is 7.58. The molecule has 0 aromatic carbocycles. The first kappa shape index (κ1) is 10.9. The topological polar surface area (TPSA) is 88.7 Å². The number of carbonyl (C=O) groups is 1. The summed E-state index contributed by atoms with van der Waals surface area (Å²) in [4.78, 5) is 16.5. The zero-order valence-corrected chi connectivity index (χ0v) is 9.08. The van der Waals surface area contributed by atoms with Crippen LogP contribution < -0.4 is 4.90 Å². The Morgan fingerprint density at radius 2 is 2.25 bits per heavy atom. The molecule has 0 amide bonds. The minimum absolute atomic E-state index is 0.340. The Labute approximate surface area is 92.0 Å². The maximum Gasteiger partial charge on any atom is 0.332 e. The van der Waals surface area contributed by atoms with Crippen molar-refractivity contribution in [2.24, 2.45) is 0 Å². The molecule has 0 aliphatic carbocycles. The molecule has 1 N–H and O–H groups in total. The van der Waals surface area contributed by atoms with E-state index in [1.807, 2.05) is 0 Å². The van der Waals surface area contributed by atoms with Crippen molar-refractivity contribution >= 4 is 11.9 Å². The van der Waals surface area contributed by atoms with Gasteiger partial charge < -0.3 is 19.3 Å². The van der Waals surface area contributed by atoms with Crippen molar-refractivity contribution in [3.8, 4) is 0 Å². The van der Waals surface area contributed by atoms with Gasteiger partial charge in [0.2, 0.25) is 0 Å². The Morgan fingerprint density at radius 3 is 2.75 bits per heavy atom. The van der Waals surface area contributed by atoms with Gasteiger partial charge in [0.1, 0.15) is 6.10 Å². The number of aliphatic carboxylic acids is 1. The van der Waals surface area contributed by atoms with E-state index in [9.17, 15) is 4.79 Å². The van der Waals surface area contributed by atoms with Crippen molar-refractivity contribution in [3.63, 3.8) is 0 Å². The molecule has 16 heavy (non-hydrogen) atoms. The van der Waals surface area contributed by atoms with Crippen LogP contribution in [-0.2, 0) is 9.53 Å². The fraction of sp³-hybridized carbons (Fsp3) is 0.667. The van der Waals surface area contributed by atoms with Crippen LogP contribution in [0, 0.1) is 0 Å². The molecule has 2 heterocycles. The quantitative estimate of drug-likeness (QED) is 0.801. The summed E-state index contributed by atoms with van der Waals surface area (Å²) in [6.07, 6.45) is -0.104. The van der Waals surface area contributed by atoms with Crippen molar-refractivity contribution in [2.75, 3.05) is 19.0 Å². The monoisotopic (exact) mass is 227 g/mol. The van der Waals surface area contributed by atoms with E-state index >= 15 is 0 Å². The number of anilines is 1. The minimum atomic E-state index is -0.949. The van der Waals surface area contributed by atoms with Crippen molar-refractivity contribution in [2.45, 2.75) is 25.0 Å². The van der Waals surface area contributed by atoms with Crippen LogP contribution in [0.2, 0.25) is 0 Å². The van der Waals surface area contributed by atoms with Crippen molar-refractivity contribution < 1.29 is 19.2 Å². The molecule has 0 bridgehead atoms. The van der Waals surface area contributed by atoms with Crippen LogP contribution in [0.4, 0.5) is 5.95 Å².